The fourth-order valence-corrected chi connectivity index (χ4v) is 4.78. The van der Waals surface area contributed by atoms with Crippen LogP contribution in [0.1, 0.15) is 13.3 Å². The summed E-state index contributed by atoms with van der Waals surface area (Å²) in [6, 6.07) is 14.6. The van der Waals surface area contributed by atoms with Crippen molar-refractivity contribution in [1.29, 1.82) is 0 Å². The van der Waals surface area contributed by atoms with E-state index in [2.05, 4.69) is 22.1 Å². The van der Waals surface area contributed by atoms with Crippen LogP contribution in [0.4, 0.5) is 5.69 Å². The van der Waals surface area contributed by atoms with Crippen molar-refractivity contribution in [1.82, 2.24) is 14.3 Å². The summed E-state index contributed by atoms with van der Waals surface area (Å²) in [6.45, 7) is 4.86. The SMILES string of the molecule is CCC1CN(c2cccc3c2ncn3S(=O)(=O)c2ccccc2)CCN1. The molecule has 1 aliphatic rings. The molecule has 0 aliphatic carbocycles. The van der Waals surface area contributed by atoms with Crippen molar-refractivity contribution in [3.05, 3.63) is 54.9 Å². The number of rotatable bonds is 4. The molecule has 6 nitrogen and oxygen atoms in total. The van der Waals surface area contributed by atoms with Crippen LogP contribution in [0.3, 0.4) is 0 Å². The number of nitrogens with zero attached hydrogens (tertiary/aromatic N) is 3. The first-order valence-electron chi connectivity index (χ1n) is 8.86. The number of hydrogen-bond donors (Lipinski definition) is 1. The van der Waals surface area contributed by atoms with Crippen LogP contribution in [0.15, 0.2) is 59.8 Å². The number of aromatic nitrogens is 2. The molecule has 136 valence electrons. The van der Waals surface area contributed by atoms with Gasteiger partial charge in [-0.1, -0.05) is 31.2 Å². The predicted molar refractivity (Wildman–Crippen MR) is 103 cm³/mol. The molecule has 1 unspecified atom stereocenters. The smallest absolute Gasteiger partial charge is 0.269 e. The summed E-state index contributed by atoms with van der Waals surface area (Å²) in [6.07, 6.45) is 2.47. The molecular formula is C19H22N4O2S. The normalized spacial score (nSPS) is 18.3. The van der Waals surface area contributed by atoms with E-state index in [9.17, 15) is 8.42 Å². The fraction of sp³-hybridized carbons (Fsp3) is 0.316. The van der Waals surface area contributed by atoms with Crippen molar-refractivity contribution >= 4 is 26.7 Å². The molecule has 1 saturated heterocycles. The van der Waals surface area contributed by atoms with E-state index in [4.69, 9.17) is 0 Å². The van der Waals surface area contributed by atoms with Crippen LogP contribution in [0.25, 0.3) is 11.0 Å². The zero-order chi connectivity index (χ0) is 18.1. The summed E-state index contributed by atoms with van der Waals surface area (Å²) < 4.78 is 27.3. The summed E-state index contributed by atoms with van der Waals surface area (Å²) in [4.78, 5) is 7.01. The van der Waals surface area contributed by atoms with Gasteiger partial charge in [-0.2, -0.15) is 0 Å². The minimum Gasteiger partial charge on any atom is -0.367 e. The van der Waals surface area contributed by atoms with Gasteiger partial charge in [-0.05, 0) is 30.7 Å². The molecule has 0 radical (unpaired) electrons. The molecule has 3 aromatic rings. The van der Waals surface area contributed by atoms with E-state index in [1.165, 1.54) is 10.3 Å². The average Bonchev–Trinajstić information content (AvgIpc) is 3.14. The topological polar surface area (TPSA) is 67.2 Å². The van der Waals surface area contributed by atoms with Gasteiger partial charge in [-0.3, -0.25) is 0 Å². The maximum Gasteiger partial charge on any atom is 0.269 e. The van der Waals surface area contributed by atoms with Crippen LogP contribution in [-0.4, -0.2) is 43.1 Å². The quantitative estimate of drug-likeness (QED) is 0.764. The van der Waals surface area contributed by atoms with E-state index in [0.717, 1.165) is 37.3 Å². The standard InChI is InChI=1S/C19H22N4O2S/c1-2-15-13-22(12-11-20-15)17-9-6-10-18-19(17)21-14-23(18)26(24,25)16-7-4-3-5-8-16/h3-10,14-15,20H,2,11-13H2,1H3. The molecule has 2 aromatic carbocycles. The van der Waals surface area contributed by atoms with Gasteiger partial charge in [0.25, 0.3) is 10.0 Å². The molecule has 1 aromatic heterocycles. The van der Waals surface area contributed by atoms with Crippen LogP contribution < -0.4 is 10.2 Å². The molecule has 0 amide bonds. The second-order valence-corrected chi connectivity index (χ2v) is 8.32. The number of para-hydroxylation sites is 1. The van der Waals surface area contributed by atoms with Crippen molar-refractivity contribution in [2.45, 2.75) is 24.3 Å². The van der Waals surface area contributed by atoms with Crippen LogP contribution in [0.5, 0.6) is 0 Å². The van der Waals surface area contributed by atoms with Crippen LogP contribution >= 0.6 is 0 Å². The summed E-state index contributed by atoms with van der Waals surface area (Å²) in [5.74, 6) is 0. The van der Waals surface area contributed by atoms with Gasteiger partial charge in [-0.15, -0.1) is 0 Å². The Kier molecular flexibility index (Phi) is 4.42. The second-order valence-electron chi connectivity index (χ2n) is 6.51. The van der Waals surface area contributed by atoms with Crippen molar-refractivity contribution in [3.8, 4) is 0 Å². The third kappa shape index (κ3) is 2.87. The summed E-state index contributed by atoms with van der Waals surface area (Å²) in [5, 5.41) is 3.50. The molecule has 1 N–H and O–H groups in total. The molecule has 4 rings (SSSR count). The average molecular weight is 370 g/mol. The van der Waals surface area contributed by atoms with Gasteiger partial charge < -0.3 is 10.2 Å². The molecule has 0 bridgehead atoms. The van der Waals surface area contributed by atoms with Gasteiger partial charge in [0.1, 0.15) is 11.8 Å². The first kappa shape index (κ1) is 17.1. The highest BCUT2D eigenvalue weighted by molar-refractivity contribution is 7.90. The first-order chi connectivity index (χ1) is 12.6. The number of benzene rings is 2. The fourth-order valence-electron chi connectivity index (χ4n) is 3.47. The summed E-state index contributed by atoms with van der Waals surface area (Å²) in [5.41, 5.74) is 2.33. The lowest BCUT2D eigenvalue weighted by Gasteiger charge is -2.35. The van der Waals surface area contributed by atoms with E-state index >= 15 is 0 Å². The molecule has 0 spiro atoms. The molecule has 1 aliphatic heterocycles. The molecule has 26 heavy (non-hydrogen) atoms. The van der Waals surface area contributed by atoms with E-state index in [1.54, 1.807) is 30.3 Å². The van der Waals surface area contributed by atoms with Crippen molar-refractivity contribution in [2.75, 3.05) is 24.5 Å². The number of anilines is 1. The maximum atomic E-state index is 13.0. The highest BCUT2D eigenvalue weighted by atomic mass is 32.2. The lowest BCUT2D eigenvalue weighted by Crippen LogP contribution is -2.50. The minimum absolute atomic E-state index is 0.262. The van der Waals surface area contributed by atoms with Gasteiger partial charge in [0, 0.05) is 25.7 Å². The Morgan fingerprint density at radius 1 is 1.15 bits per heavy atom. The minimum atomic E-state index is -3.66. The van der Waals surface area contributed by atoms with Crippen LogP contribution in [-0.2, 0) is 10.0 Å². The van der Waals surface area contributed by atoms with Crippen molar-refractivity contribution in [2.24, 2.45) is 0 Å². The number of fused-ring (bicyclic) bond motifs is 1. The van der Waals surface area contributed by atoms with E-state index in [-0.39, 0.29) is 4.90 Å². The Labute approximate surface area is 153 Å². The Bertz CT molecular complexity index is 1010. The molecule has 1 fully saturated rings. The van der Waals surface area contributed by atoms with Crippen molar-refractivity contribution in [3.63, 3.8) is 0 Å². The molecule has 2 heterocycles. The Hall–Kier alpha value is -2.38. The van der Waals surface area contributed by atoms with Crippen molar-refractivity contribution < 1.29 is 8.42 Å². The molecule has 7 heteroatoms. The highest BCUT2D eigenvalue weighted by Gasteiger charge is 2.24. The molecular weight excluding hydrogens is 348 g/mol. The van der Waals surface area contributed by atoms with Gasteiger partial charge in [0.05, 0.1) is 16.1 Å². The zero-order valence-corrected chi connectivity index (χ0v) is 15.5. The summed E-state index contributed by atoms with van der Waals surface area (Å²) >= 11 is 0. The van der Waals surface area contributed by atoms with Gasteiger partial charge in [-0.25, -0.2) is 17.4 Å². The van der Waals surface area contributed by atoms with E-state index in [1.807, 2.05) is 18.2 Å². The largest absolute Gasteiger partial charge is 0.367 e. The third-order valence-corrected chi connectivity index (χ3v) is 6.59. The lowest BCUT2D eigenvalue weighted by molar-refractivity contribution is 0.447. The number of piperazine rings is 1. The van der Waals surface area contributed by atoms with Gasteiger partial charge in [0.15, 0.2) is 0 Å². The second kappa shape index (κ2) is 6.74. The Balaban J connectivity index is 1.79. The van der Waals surface area contributed by atoms with Crippen LogP contribution in [0, 0.1) is 0 Å². The highest BCUT2D eigenvalue weighted by Crippen LogP contribution is 2.29. The Morgan fingerprint density at radius 3 is 2.73 bits per heavy atom. The predicted octanol–water partition coefficient (Wildman–Crippen LogP) is 2.46. The first-order valence-corrected chi connectivity index (χ1v) is 10.3. The maximum absolute atomic E-state index is 13.0. The third-order valence-electron chi connectivity index (χ3n) is 4.91. The zero-order valence-electron chi connectivity index (χ0n) is 14.7. The van der Waals surface area contributed by atoms with E-state index in [0.29, 0.717) is 11.6 Å². The number of hydrogen-bond acceptors (Lipinski definition) is 5. The summed E-state index contributed by atoms with van der Waals surface area (Å²) in [7, 11) is -3.66. The molecule has 0 saturated carbocycles. The Morgan fingerprint density at radius 2 is 1.96 bits per heavy atom. The monoisotopic (exact) mass is 370 g/mol. The molecule has 1 atom stereocenters. The lowest BCUT2D eigenvalue weighted by atomic mass is 10.1. The van der Waals surface area contributed by atoms with Gasteiger partial charge >= 0.3 is 0 Å². The van der Waals surface area contributed by atoms with E-state index < -0.39 is 10.0 Å². The number of imidazole rings is 1. The van der Waals surface area contributed by atoms with Gasteiger partial charge in [0.2, 0.25) is 0 Å². The number of nitrogens with one attached hydrogen (secondary N) is 1. The van der Waals surface area contributed by atoms with Crippen LogP contribution in [0.2, 0.25) is 0 Å².